The van der Waals surface area contributed by atoms with Crippen LogP contribution in [0, 0.1) is 5.21 Å². The second kappa shape index (κ2) is 2.90. The van der Waals surface area contributed by atoms with Crippen molar-refractivity contribution in [2.24, 2.45) is 0 Å². The molecule has 0 aliphatic heterocycles. The van der Waals surface area contributed by atoms with E-state index in [0.29, 0.717) is 10.7 Å². The third-order valence-electron chi connectivity index (χ3n) is 1.19. The van der Waals surface area contributed by atoms with Gasteiger partial charge < -0.3 is 10.3 Å². The maximum atomic E-state index is 10.6. The zero-order valence-electron chi connectivity index (χ0n) is 5.54. The van der Waals surface area contributed by atoms with Gasteiger partial charge in [-0.25, -0.2) is 0 Å². The largest absolute Gasteiger partial charge is 0.758 e. The number of hydrogen-bond acceptors (Lipinski definition) is 2. The predicted octanol–water partition coefficient (Wildman–Crippen LogP) is 2.27. The van der Waals surface area contributed by atoms with E-state index < -0.39 is 0 Å². The summed E-state index contributed by atoms with van der Waals surface area (Å²) in [5, 5.41) is 12.1. The van der Waals surface area contributed by atoms with Crippen LogP contribution in [-0.4, -0.2) is 7.05 Å². The molecule has 0 fully saturated rings. The molecular formula is C7H7ClNO-. The minimum absolute atomic E-state index is 0.615. The van der Waals surface area contributed by atoms with Crippen LogP contribution in [0.1, 0.15) is 0 Å². The molecule has 0 saturated heterocycles. The summed E-state index contributed by atoms with van der Waals surface area (Å²) in [7, 11) is 1.45. The standard InChI is InChI=1S/C7H7ClNO/c1-9(10)7-4-2-6(8)3-5-7/h2-5H,1H3/q-1. The zero-order chi connectivity index (χ0) is 7.56. The van der Waals surface area contributed by atoms with Crippen molar-refractivity contribution in [3.63, 3.8) is 0 Å². The van der Waals surface area contributed by atoms with Gasteiger partial charge in [-0.15, -0.1) is 0 Å². The molecule has 1 aromatic carbocycles. The van der Waals surface area contributed by atoms with Crippen LogP contribution in [0.4, 0.5) is 5.69 Å². The molecule has 0 unspecified atom stereocenters. The fourth-order valence-electron chi connectivity index (χ4n) is 0.651. The number of benzene rings is 1. The molecule has 0 spiro atoms. The van der Waals surface area contributed by atoms with Gasteiger partial charge in [0.15, 0.2) is 0 Å². The molecule has 0 aromatic heterocycles. The van der Waals surface area contributed by atoms with E-state index in [0.717, 1.165) is 5.06 Å². The molecule has 1 rings (SSSR count). The van der Waals surface area contributed by atoms with E-state index >= 15 is 0 Å². The van der Waals surface area contributed by atoms with Gasteiger partial charge in [0, 0.05) is 10.7 Å². The average Bonchev–Trinajstić information content (AvgIpc) is 1.88. The molecular weight excluding hydrogens is 150 g/mol. The van der Waals surface area contributed by atoms with Crippen LogP contribution >= 0.6 is 11.6 Å². The molecule has 3 heteroatoms. The number of nitrogens with zero attached hydrogens (tertiary/aromatic N) is 1. The van der Waals surface area contributed by atoms with E-state index in [1.165, 1.54) is 7.05 Å². The van der Waals surface area contributed by atoms with Crippen LogP contribution in [-0.2, 0) is 0 Å². The molecule has 2 nitrogen and oxygen atoms in total. The van der Waals surface area contributed by atoms with Gasteiger partial charge in [-0.3, -0.25) is 0 Å². The van der Waals surface area contributed by atoms with Crippen LogP contribution in [0.25, 0.3) is 0 Å². The molecule has 0 radical (unpaired) electrons. The summed E-state index contributed by atoms with van der Waals surface area (Å²) in [5.41, 5.74) is 0.615. The number of rotatable bonds is 1. The molecule has 0 bridgehead atoms. The molecule has 1 aromatic rings. The van der Waals surface area contributed by atoms with E-state index in [1.54, 1.807) is 24.3 Å². The minimum atomic E-state index is 0.615. The van der Waals surface area contributed by atoms with Crippen LogP contribution in [0.3, 0.4) is 0 Å². The van der Waals surface area contributed by atoms with Crippen LogP contribution < -0.4 is 5.06 Å². The fraction of sp³-hybridized carbons (Fsp3) is 0.143. The molecule has 54 valence electrons. The quantitative estimate of drug-likeness (QED) is 0.583. The summed E-state index contributed by atoms with van der Waals surface area (Å²) in [6.07, 6.45) is 0. The van der Waals surface area contributed by atoms with Crippen molar-refractivity contribution in [1.29, 1.82) is 0 Å². The van der Waals surface area contributed by atoms with Crippen molar-refractivity contribution < 1.29 is 0 Å². The fourth-order valence-corrected chi connectivity index (χ4v) is 0.777. The first-order valence-corrected chi connectivity index (χ1v) is 3.24. The SMILES string of the molecule is CN([O-])c1ccc(Cl)cc1. The van der Waals surface area contributed by atoms with Gasteiger partial charge in [0.05, 0.1) is 0 Å². The summed E-state index contributed by atoms with van der Waals surface area (Å²) in [6, 6.07) is 6.72. The van der Waals surface area contributed by atoms with Gasteiger partial charge in [0.25, 0.3) is 0 Å². The van der Waals surface area contributed by atoms with Gasteiger partial charge in [-0.05, 0) is 31.3 Å². The van der Waals surface area contributed by atoms with Crippen molar-refractivity contribution >= 4 is 17.3 Å². The Morgan fingerprint density at radius 1 is 1.30 bits per heavy atom. The first-order valence-electron chi connectivity index (χ1n) is 2.86. The third-order valence-corrected chi connectivity index (χ3v) is 1.44. The molecule has 0 atom stereocenters. The monoisotopic (exact) mass is 156 g/mol. The van der Waals surface area contributed by atoms with Gasteiger partial charge in [-0.2, -0.15) is 0 Å². The minimum Gasteiger partial charge on any atom is -0.758 e. The second-order valence-corrected chi connectivity index (χ2v) is 2.41. The molecule has 10 heavy (non-hydrogen) atoms. The van der Waals surface area contributed by atoms with Gasteiger partial charge in [0.2, 0.25) is 0 Å². The molecule has 0 amide bonds. The maximum Gasteiger partial charge on any atom is 0.0407 e. The van der Waals surface area contributed by atoms with Crippen LogP contribution in [0.5, 0.6) is 0 Å². The average molecular weight is 157 g/mol. The first kappa shape index (κ1) is 7.38. The number of hydroxylamine groups is 1. The zero-order valence-corrected chi connectivity index (χ0v) is 6.30. The summed E-state index contributed by atoms with van der Waals surface area (Å²) in [4.78, 5) is 0. The lowest BCUT2D eigenvalue weighted by atomic mass is 10.3. The van der Waals surface area contributed by atoms with Crippen molar-refractivity contribution in [2.45, 2.75) is 0 Å². The molecule has 0 aliphatic rings. The first-order chi connectivity index (χ1) is 4.70. The number of hydrogen-bond donors (Lipinski definition) is 0. The van der Waals surface area contributed by atoms with Crippen molar-refractivity contribution in [2.75, 3.05) is 12.1 Å². The highest BCUT2D eigenvalue weighted by Crippen LogP contribution is 2.15. The van der Waals surface area contributed by atoms with Gasteiger partial charge in [0.1, 0.15) is 0 Å². The summed E-state index contributed by atoms with van der Waals surface area (Å²) >= 11 is 5.60. The van der Waals surface area contributed by atoms with Gasteiger partial charge in [-0.1, -0.05) is 11.6 Å². The third kappa shape index (κ3) is 1.62. The molecule has 0 aliphatic carbocycles. The van der Waals surface area contributed by atoms with Crippen LogP contribution in [0.2, 0.25) is 5.02 Å². The Labute approximate surface area is 64.6 Å². The molecule has 0 N–H and O–H groups in total. The van der Waals surface area contributed by atoms with Crippen molar-refractivity contribution in [3.05, 3.63) is 34.5 Å². The Morgan fingerprint density at radius 3 is 2.20 bits per heavy atom. The van der Waals surface area contributed by atoms with Crippen molar-refractivity contribution in [3.8, 4) is 0 Å². The highest BCUT2D eigenvalue weighted by Gasteiger charge is 1.88. The lowest BCUT2D eigenvalue weighted by molar-refractivity contribution is 1.22. The highest BCUT2D eigenvalue weighted by atomic mass is 35.5. The lowest BCUT2D eigenvalue weighted by Crippen LogP contribution is -2.04. The Hall–Kier alpha value is -0.730. The summed E-state index contributed by atoms with van der Waals surface area (Å²) in [5.74, 6) is 0. The smallest absolute Gasteiger partial charge is 0.0407 e. The highest BCUT2D eigenvalue weighted by molar-refractivity contribution is 6.30. The lowest BCUT2D eigenvalue weighted by Gasteiger charge is -2.24. The Kier molecular flexibility index (Phi) is 2.14. The van der Waals surface area contributed by atoms with Gasteiger partial charge >= 0.3 is 0 Å². The normalized spacial score (nSPS) is 9.50. The van der Waals surface area contributed by atoms with E-state index in [2.05, 4.69) is 0 Å². The topological polar surface area (TPSA) is 26.3 Å². The van der Waals surface area contributed by atoms with E-state index in [4.69, 9.17) is 11.6 Å². The Bertz CT molecular complexity index is 207. The van der Waals surface area contributed by atoms with E-state index in [9.17, 15) is 5.21 Å². The molecule has 0 heterocycles. The van der Waals surface area contributed by atoms with Crippen LogP contribution in [0.15, 0.2) is 24.3 Å². The van der Waals surface area contributed by atoms with Crippen molar-refractivity contribution in [1.82, 2.24) is 0 Å². The maximum absolute atomic E-state index is 10.6. The summed E-state index contributed by atoms with van der Waals surface area (Å²) < 4.78 is 0. The summed E-state index contributed by atoms with van der Waals surface area (Å²) in [6.45, 7) is 0. The van der Waals surface area contributed by atoms with E-state index in [-0.39, 0.29) is 0 Å². The second-order valence-electron chi connectivity index (χ2n) is 1.97. The number of anilines is 1. The van der Waals surface area contributed by atoms with E-state index in [1.807, 2.05) is 0 Å². The predicted molar refractivity (Wildman–Crippen MR) is 43.2 cm³/mol. The Morgan fingerprint density at radius 2 is 1.80 bits per heavy atom. The number of halogens is 1. The Balaban J connectivity index is 2.89. The molecule has 0 saturated carbocycles.